The van der Waals surface area contributed by atoms with E-state index >= 15 is 0 Å². The maximum atomic E-state index is 13.3. The summed E-state index contributed by atoms with van der Waals surface area (Å²) in [4.78, 5) is 21.5. The molecule has 0 unspecified atom stereocenters. The van der Waals surface area contributed by atoms with Gasteiger partial charge in [-0.25, -0.2) is 9.18 Å². The van der Waals surface area contributed by atoms with Crippen LogP contribution in [-0.4, -0.2) is 29.3 Å². The van der Waals surface area contributed by atoms with Crippen LogP contribution in [0.3, 0.4) is 0 Å². The van der Waals surface area contributed by atoms with E-state index in [1.54, 1.807) is 27.7 Å². The first-order valence-electron chi connectivity index (χ1n) is 7.08. The number of nitrogens with one attached hydrogen (secondary N) is 1. The largest absolute Gasteiger partial charge is 0.444 e. The van der Waals surface area contributed by atoms with Crippen molar-refractivity contribution in [2.45, 2.75) is 45.9 Å². The highest BCUT2D eigenvalue weighted by molar-refractivity contribution is 5.68. The van der Waals surface area contributed by atoms with Gasteiger partial charge < -0.3 is 14.8 Å². The van der Waals surface area contributed by atoms with Crippen molar-refractivity contribution in [3.63, 3.8) is 0 Å². The highest BCUT2D eigenvalue weighted by Gasteiger charge is 2.17. The van der Waals surface area contributed by atoms with E-state index in [2.05, 4.69) is 5.32 Å². The van der Waals surface area contributed by atoms with Crippen molar-refractivity contribution in [2.24, 2.45) is 0 Å². The van der Waals surface area contributed by atoms with Gasteiger partial charge in [0.15, 0.2) is 0 Å². The third-order valence-electron chi connectivity index (χ3n) is 2.55. The summed E-state index contributed by atoms with van der Waals surface area (Å²) in [6, 6.07) is 2.93. The third kappa shape index (κ3) is 7.55. The van der Waals surface area contributed by atoms with Crippen LogP contribution in [0.15, 0.2) is 18.2 Å². The highest BCUT2D eigenvalue weighted by Crippen LogP contribution is 2.17. The molecular formula is C15H21FN2O5. The smallest absolute Gasteiger partial charge is 0.407 e. The summed E-state index contributed by atoms with van der Waals surface area (Å²) in [7, 11) is 0. The van der Waals surface area contributed by atoms with E-state index in [1.165, 1.54) is 12.1 Å². The Morgan fingerprint density at radius 3 is 2.61 bits per heavy atom. The van der Waals surface area contributed by atoms with Crippen LogP contribution in [0.1, 0.15) is 33.3 Å². The zero-order valence-corrected chi connectivity index (χ0v) is 13.6. The van der Waals surface area contributed by atoms with E-state index < -0.39 is 22.4 Å². The Morgan fingerprint density at radius 1 is 1.39 bits per heavy atom. The van der Waals surface area contributed by atoms with Crippen LogP contribution in [0, 0.1) is 15.9 Å². The molecule has 0 saturated carbocycles. The summed E-state index contributed by atoms with van der Waals surface area (Å²) in [6.45, 7) is 7.14. The van der Waals surface area contributed by atoms with Crippen molar-refractivity contribution >= 4 is 11.8 Å². The molecule has 0 aliphatic carbocycles. The van der Waals surface area contributed by atoms with E-state index in [0.717, 1.165) is 6.07 Å². The number of carbonyl (C=O) groups excluding carboxylic acids is 1. The van der Waals surface area contributed by atoms with E-state index in [4.69, 9.17) is 9.47 Å². The number of nitro benzene ring substituents is 1. The Kier molecular flexibility index (Phi) is 6.44. The number of nitrogens with zero attached hydrogens (tertiary/aromatic N) is 1. The van der Waals surface area contributed by atoms with Gasteiger partial charge in [0.05, 0.1) is 30.2 Å². The molecule has 0 saturated heterocycles. The van der Waals surface area contributed by atoms with Gasteiger partial charge in [0.25, 0.3) is 5.69 Å². The van der Waals surface area contributed by atoms with E-state index in [9.17, 15) is 19.3 Å². The van der Waals surface area contributed by atoms with E-state index in [-0.39, 0.29) is 24.9 Å². The standard InChI is InChI=1S/C15H21FN2O5/c1-10(17-14(19)23-15(2,3)4)8-22-9-11-5-12(16)7-13(6-11)18(20)21/h5-7,10H,8-9H2,1-4H3,(H,17,19)/t10-/m1/s1. The molecule has 7 nitrogen and oxygen atoms in total. The molecule has 0 aromatic heterocycles. The fourth-order valence-corrected chi connectivity index (χ4v) is 1.73. The summed E-state index contributed by atoms with van der Waals surface area (Å²) in [5.41, 5.74) is -0.574. The number of benzene rings is 1. The minimum absolute atomic E-state index is 0.00105. The fraction of sp³-hybridized carbons (Fsp3) is 0.533. The lowest BCUT2D eigenvalue weighted by molar-refractivity contribution is -0.385. The van der Waals surface area contributed by atoms with Crippen LogP contribution in [0.4, 0.5) is 14.9 Å². The number of carbonyl (C=O) groups is 1. The predicted octanol–water partition coefficient (Wildman–Crippen LogP) is 3.16. The van der Waals surface area contributed by atoms with Gasteiger partial charge in [0.1, 0.15) is 11.4 Å². The van der Waals surface area contributed by atoms with Crippen molar-refractivity contribution in [2.75, 3.05) is 6.61 Å². The van der Waals surface area contributed by atoms with Crippen LogP contribution >= 0.6 is 0 Å². The second-order valence-corrected chi connectivity index (χ2v) is 6.14. The molecule has 1 aromatic carbocycles. The molecule has 0 radical (unpaired) electrons. The number of non-ortho nitro benzene ring substituents is 1. The first kappa shape index (κ1) is 18.8. The zero-order valence-electron chi connectivity index (χ0n) is 13.6. The van der Waals surface area contributed by atoms with Gasteiger partial charge in [-0.05, 0) is 39.3 Å². The number of amides is 1. The van der Waals surface area contributed by atoms with Crippen molar-refractivity contribution in [1.29, 1.82) is 0 Å². The second kappa shape index (κ2) is 7.87. The number of halogens is 1. The maximum Gasteiger partial charge on any atom is 0.407 e. The first-order valence-corrected chi connectivity index (χ1v) is 7.08. The number of hydrogen-bond donors (Lipinski definition) is 1. The first-order chi connectivity index (χ1) is 10.6. The molecule has 0 heterocycles. The molecule has 1 amide bonds. The van der Waals surface area contributed by atoms with Crippen molar-refractivity contribution in [3.05, 3.63) is 39.7 Å². The third-order valence-corrected chi connectivity index (χ3v) is 2.55. The summed E-state index contributed by atoms with van der Waals surface area (Å²) in [5, 5.41) is 13.3. The maximum absolute atomic E-state index is 13.3. The molecule has 0 spiro atoms. The Morgan fingerprint density at radius 2 is 2.04 bits per heavy atom. The van der Waals surface area contributed by atoms with Crippen LogP contribution in [0.5, 0.6) is 0 Å². The Balaban J connectivity index is 2.45. The number of rotatable bonds is 6. The minimum Gasteiger partial charge on any atom is -0.444 e. The lowest BCUT2D eigenvalue weighted by atomic mass is 10.2. The molecule has 8 heteroatoms. The molecule has 128 valence electrons. The molecule has 0 bridgehead atoms. The summed E-state index contributed by atoms with van der Waals surface area (Å²) < 4.78 is 23.7. The molecule has 1 N–H and O–H groups in total. The van der Waals surface area contributed by atoms with Gasteiger partial charge in [-0.3, -0.25) is 10.1 Å². The molecule has 1 rings (SSSR count). The summed E-state index contributed by atoms with van der Waals surface area (Å²) in [5.74, 6) is -0.697. The van der Waals surface area contributed by atoms with Gasteiger partial charge in [-0.1, -0.05) is 0 Å². The molecule has 0 aliphatic rings. The molecule has 1 atom stereocenters. The molecule has 23 heavy (non-hydrogen) atoms. The van der Waals surface area contributed by atoms with Gasteiger partial charge in [-0.15, -0.1) is 0 Å². The van der Waals surface area contributed by atoms with Crippen LogP contribution < -0.4 is 5.32 Å². The van der Waals surface area contributed by atoms with E-state index in [1.807, 2.05) is 0 Å². The number of hydrogen-bond acceptors (Lipinski definition) is 5. The van der Waals surface area contributed by atoms with E-state index in [0.29, 0.717) is 5.56 Å². The fourth-order valence-electron chi connectivity index (χ4n) is 1.73. The lowest BCUT2D eigenvalue weighted by Gasteiger charge is -2.21. The number of ether oxygens (including phenoxy) is 2. The average Bonchev–Trinajstić information content (AvgIpc) is 2.35. The Bertz CT molecular complexity index is 571. The monoisotopic (exact) mass is 328 g/mol. The zero-order chi connectivity index (χ0) is 17.6. The van der Waals surface area contributed by atoms with Crippen molar-refractivity contribution < 1.29 is 23.6 Å². The number of alkyl carbamates (subject to hydrolysis) is 1. The summed E-state index contributed by atoms with van der Waals surface area (Å²) in [6.07, 6.45) is -0.560. The van der Waals surface area contributed by atoms with Gasteiger partial charge >= 0.3 is 6.09 Å². The summed E-state index contributed by atoms with van der Waals surface area (Å²) >= 11 is 0. The molecular weight excluding hydrogens is 307 g/mol. The lowest BCUT2D eigenvalue weighted by Crippen LogP contribution is -2.39. The van der Waals surface area contributed by atoms with Gasteiger partial charge in [0, 0.05) is 6.07 Å². The normalized spacial score (nSPS) is 12.6. The Labute approximate surface area is 133 Å². The van der Waals surface area contributed by atoms with Gasteiger partial charge in [-0.2, -0.15) is 0 Å². The molecule has 1 aromatic rings. The average molecular weight is 328 g/mol. The SMILES string of the molecule is C[C@H](COCc1cc(F)cc([N+](=O)[O-])c1)NC(=O)OC(C)(C)C. The number of nitro groups is 1. The second-order valence-electron chi connectivity index (χ2n) is 6.14. The molecule has 0 aliphatic heterocycles. The van der Waals surface area contributed by atoms with Crippen molar-refractivity contribution in [3.8, 4) is 0 Å². The van der Waals surface area contributed by atoms with Crippen LogP contribution in [0.2, 0.25) is 0 Å². The van der Waals surface area contributed by atoms with Gasteiger partial charge in [0.2, 0.25) is 0 Å². The minimum atomic E-state index is -0.697. The van der Waals surface area contributed by atoms with Crippen molar-refractivity contribution in [1.82, 2.24) is 5.32 Å². The quantitative estimate of drug-likeness (QED) is 0.640. The topological polar surface area (TPSA) is 90.7 Å². The molecule has 0 fully saturated rings. The highest BCUT2D eigenvalue weighted by atomic mass is 19.1. The Hall–Kier alpha value is -2.22. The van der Waals surface area contributed by atoms with Crippen LogP contribution in [0.25, 0.3) is 0 Å². The predicted molar refractivity (Wildman–Crippen MR) is 81.5 cm³/mol. The van der Waals surface area contributed by atoms with Crippen LogP contribution in [-0.2, 0) is 16.1 Å².